The van der Waals surface area contributed by atoms with Crippen molar-refractivity contribution in [1.29, 1.82) is 0 Å². The summed E-state index contributed by atoms with van der Waals surface area (Å²) in [7, 11) is 0. The van der Waals surface area contributed by atoms with Crippen molar-refractivity contribution in [2.75, 3.05) is 6.54 Å². The minimum Gasteiger partial charge on any atom is -0.344 e. The number of hydrogen-bond donors (Lipinski definition) is 1. The summed E-state index contributed by atoms with van der Waals surface area (Å²) in [6.07, 6.45) is 11.5. The minimum absolute atomic E-state index is 0.0123. The van der Waals surface area contributed by atoms with Crippen LogP contribution in [0.25, 0.3) is 0 Å². The molecule has 0 aromatic rings. The third-order valence-corrected chi connectivity index (χ3v) is 6.79. The van der Waals surface area contributed by atoms with Gasteiger partial charge in [0.05, 0.1) is 0 Å². The zero-order valence-electron chi connectivity index (χ0n) is 15.4. The first-order valence-electron chi connectivity index (χ1n) is 10.2. The summed E-state index contributed by atoms with van der Waals surface area (Å²) in [6, 6.07) is 0.162. The second-order valence-electron chi connectivity index (χ2n) is 8.27. The quantitative estimate of drug-likeness (QED) is 0.836. The molecule has 4 nitrogen and oxygen atoms in total. The molecule has 1 aliphatic heterocycles. The Hall–Kier alpha value is -1.06. The fraction of sp³-hybridized carbons (Fsp3) is 0.900. The van der Waals surface area contributed by atoms with Gasteiger partial charge in [-0.2, -0.15) is 0 Å². The van der Waals surface area contributed by atoms with Crippen molar-refractivity contribution >= 4 is 11.8 Å². The molecule has 136 valence electrons. The fourth-order valence-electron chi connectivity index (χ4n) is 5.02. The van der Waals surface area contributed by atoms with Crippen LogP contribution in [-0.2, 0) is 9.59 Å². The zero-order chi connectivity index (χ0) is 17.1. The van der Waals surface area contributed by atoms with E-state index in [2.05, 4.69) is 10.2 Å². The monoisotopic (exact) mass is 334 g/mol. The third-order valence-electron chi connectivity index (χ3n) is 6.79. The molecule has 0 aromatic heterocycles. The van der Waals surface area contributed by atoms with E-state index >= 15 is 0 Å². The molecule has 24 heavy (non-hydrogen) atoms. The number of nitrogens with one attached hydrogen (secondary N) is 1. The molecule has 2 amide bonds. The maximum Gasteiger partial charge on any atom is 0.245 e. The second-order valence-corrected chi connectivity index (χ2v) is 8.27. The molecule has 0 radical (unpaired) electrons. The van der Waals surface area contributed by atoms with Gasteiger partial charge in [-0.1, -0.05) is 39.5 Å². The van der Waals surface area contributed by atoms with Crippen LogP contribution in [0.1, 0.15) is 78.1 Å². The highest BCUT2D eigenvalue weighted by molar-refractivity contribution is 5.89. The maximum absolute atomic E-state index is 13.3. The molecule has 2 saturated carbocycles. The highest BCUT2D eigenvalue weighted by Gasteiger charge is 2.43. The van der Waals surface area contributed by atoms with Crippen molar-refractivity contribution in [3.63, 3.8) is 0 Å². The molecule has 1 saturated heterocycles. The van der Waals surface area contributed by atoms with Crippen LogP contribution in [0, 0.1) is 17.8 Å². The van der Waals surface area contributed by atoms with Gasteiger partial charge in [0.1, 0.15) is 6.04 Å². The molecule has 1 N–H and O–H groups in total. The molecule has 4 atom stereocenters. The summed E-state index contributed by atoms with van der Waals surface area (Å²) in [5, 5.41) is 3.16. The molecule has 0 aromatic carbocycles. The van der Waals surface area contributed by atoms with Crippen molar-refractivity contribution in [3.05, 3.63) is 0 Å². The van der Waals surface area contributed by atoms with E-state index in [0.717, 1.165) is 38.6 Å². The Bertz CT molecular complexity index is 459. The van der Waals surface area contributed by atoms with Gasteiger partial charge in [-0.05, 0) is 50.4 Å². The number of rotatable bonds is 5. The number of carbonyl (C=O) groups excluding carboxylic acids is 2. The van der Waals surface area contributed by atoms with Gasteiger partial charge in [0.15, 0.2) is 0 Å². The van der Waals surface area contributed by atoms with Crippen LogP contribution in [0.15, 0.2) is 0 Å². The van der Waals surface area contributed by atoms with Gasteiger partial charge in [-0.25, -0.2) is 0 Å². The van der Waals surface area contributed by atoms with Crippen molar-refractivity contribution in [2.24, 2.45) is 17.8 Å². The predicted octanol–water partition coefficient (Wildman–Crippen LogP) is 3.50. The molecule has 3 fully saturated rings. The van der Waals surface area contributed by atoms with Gasteiger partial charge >= 0.3 is 0 Å². The average Bonchev–Trinajstić information content (AvgIpc) is 3.22. The Morgan fingerprint density at radius 2 is 1.79 bits per heavy atom. The smallest absolute Gasteiger partial charge is 0.245 e. The van der Waals surface area contributed by atoms with Crippen LogP contribution >= 0.6 is 0 Å². The van der Waals surface area contributed by atoms with Gasteiger partial charge in [-0.3, -0.25) is 9.59 Å². The van der Waals surface area contributed by atoms with Gasteiger partial charge < -0.3 is 10.2 Å². The van der Waals surface area contributed by atoms with Crippen LogP contribution in [-0.4, -0.2) is 35.3 Å². The Labute approximate surface area is 146 Å². The Balaban J connectivity index is 1.72. The Kier molecular flexibility index (Phi) is 5.83. The lowest BCUT2D eigenvalue weighted by Gasteiger charge is -2.35. The van der Waals surface area contributed by atoms with Crippen molar-refractivity contribution in [2.45, 2.75) is 90.1 Å². The number of nitrogens with zero attached hydrogens (tertiary/aromatic N) is 1. The first kappa shape index (κ1) is 17.8. The summed E-state index contributed by atoms with van der Waals surface area (Å²) in [6.45, 7) is 4.89. The Morgan fingerprint density at radius 1 is 1.04 bits per heavy atom. The normalized spacial score (nSPS) is 30.0. The molecule has 1 heterocycles. The number of fused-ring (bicyclic) bond motifs is 1. The van der Waals surface area contributed by atoms with E-state index in [1.807, 2.05) is 13.8 Å². The molecule has 4 heteroatoms. The van der Waals surface area contributed by atoms with Gasteiger partial charge in [0, 0.05) is 18.5 Å². The van der Waals surface area contributed by atoms with E-state index in [4.69, 9.17) is 0 Å². The van der Waals surface area contributed by atoms with E-state index in [0.29, 0.717) is 17.9 Å². The number of hydrogen-bond acceptors (Lipinski definition) is 2. The lowest BCUT2D eigenvalue weighted by atomic mass is 9.83. The summed E-state index contributed by atoms with van der Waals surface area (Å²) < 4.78 is 0. The number of amides is 2. The van der Waals surface area contributed by atoms with E-state index in [1.54, 1.807) is 0 Å². The zero-order valence-corrected chi connectivity index (χ0v) is 15.4. The molecule has 0 bridgehead atoms. The maximum atomic E-state index is 13.3. The largest absolute Gasteiger partial charge is 0.344 e. The van der Waals surface area contributed by atoms with Crippen LogP contribution < -0.4 is 5.32 Å². The molecule has 0 spiro atoms. The van der Waals surface area contributed by atoms with Crippen molar-refractivity contribution in [3.8, 4) is 0 Å². The van der Waals surface area contributed by atoms with E-state index in [1.165, 1.54) is 32.1 Å². The molecule has 0 unspecified atom stereocenters. The Morgan fingerprint density at radius 3 is 2.50 bits per heavy atom. The molecular weight excluding hydrogens is 300 g/mol. The summed E-state index contributed by atoms with van der Waals surface area (Å²) in [4.78, 5) is 28.0. The van der Waals surface area contributed by atoms with Crippen LogP contribution in [0.2, 0.25) is 0 Å². The highest BCUT2D eigenvalue weighted by atomic mass is 16.2. The summed E-state index contributed by atoms with van der Waals surface area (Å²) in [5.74, 6) is 1.31. The highest BCUT2D eigenvalue weighted by Crippen LogP contribution is 2.39. The average molecular weight is 335 g/mol. The lowest BCUT2D eigenvalue weighted by Crippen LogP contribution is -2.54. The fourth-order valence-corrected chi connectivity index (χ4v) is 5.02. The topological polar surface area (TPSA) is 49.4 Å². The first-order valence-corrected chi connectivity index (χ1v) is 10.2. The van der Waals surface area contributed by atoms with E-state index < -0.39 is 0 Å². The third kappa shape index (κ3) is 3.62. The summed E-state index contributed by atoms with van der Waals surface area (Å²) in [5.41, 5.74) is 0. The second kappa shape index (κ2) is 7.88. The molecular formula is C20H34N2O2. The van der Waals surface area contributed by atoms with Gasteiger partial charge in [0.25, 0.3) is 0 Å². The summed E-state index contributed by atoms with van der Waals surface area (Å²) >= 11 is 0. The predicted molar refractivity (Wildman–Crippen MR) is 95.4 cm³/mol. The van der Waals surface area contributed by atoms with Gasteiger partial charge in [0.2, 0.25) is 11.8 Å². The van der Waals surface area contributed by atoms with Crippen molar-refractivity contribution < 1.29 is 9.59 Å². The number of likely N-dealkylation sites (tertiary alicyclic amines) is 1. The molecule has 3 aliphatic rings. The van der Waals surface area contributed by atoms with E-state index in [-0.39, 0.29) is 23.8 Å². The first-order chi connectivity index (χ1) is 11.6. The van der Waals surface area contributed by atoms with Crippen LogP contribution in [0.5, 0.6) is 0 Å². The molecule has 3 rings (SSSR count). The standard InChI is InChI=1S/C20H34N2O2/c1-3-14(2)19(23)21-18(16-8-5-4-6-9-16)20(24)22-13-12-15-10-7-11-17(15)22/h14-18H,3-13H2,1-2H3,(H,21,23)/t14-,15-,17-,18+/m1/s1. The van der Waals surface area contributed by atoms with Gasteiger partial charge in [-0.15, -0.1) is 0 Å². The van der Waals surface area contributed by atoms with Crippen LogP contribution in [0.3, 0.4) is 0 Å². The number of carbonyl (C=O) groups is 2. The van der Waals surface area contributed by atoms with Crippen LogP contribution in [0.4, 0.5) is 0 Å². The molecule has 2 aliphatic carbocycles. The lowest BCUT2D eigenvalue weighted by molar-refractivity contribution is -0.140. The van der Waals surface area contributed by atoms with E-state index in [9.17, 15) is 9.59 Å². The minimum atomic E-state index is -0.286. The SMILES string of the molecule is CC[C@@H](C)C(=O)N[C@H](C(=O)N1CC[C@H]2CCC[C@H]21)C1CCCCC1. The van der Waals surface area contributed by atoms with Crippen molar-refractivity contribution in [1.82, 2.24) is 10.2 Å².